The molecule has 0 aliphatic heterocycles. The molecule has 0 unspecified atom stereocenters. The summed E-state index contributed by atoms with van der Waals surface area (Å²) in [6.45, 7) is 12.4. The van der Waals surface area contributed by atoms with E-state index >= 15 is 0 Å². The molecule has 0 saturated carbocycles. The third kappa shape index (κ3) is 3.21. The molecule has 11 heavy (non-hydrogen) atoms. The number of carbonyl (C=O) groups excluding carboxylic acids is 1. The van der Waals surface area contributed by atoms with Crippen LogP contribution in [0.25, 0.3) is 0 Å². The van der Waals surface area contributed by atoms with Crippen LogP contribution in [0.1, 0.15) is 20.3 Å². The molecule has 2 nitrogen and oxygen atoms in total. The molecule has 0 atom stereocenters. The number of hydrogen-bond donors (Lipinski definition) is 0. The van der Waals surface area contributed by atoms with E-state index in [-0.39, 0.29) is 5.91 Å². The van der Waals surface area contributed by atoms with Crippen LogP contribution in [0, 0.1) is 6.92 Å². The van der Waals surface area contributed by atoms with Crippen LogP contribution < -0.4 is 0 Å². The quantitative estimate of drug-likeness (QED) is 0.564. The van der Waals surface area contributed by atoms with Gasteiger partial charge in [-0.25, -0.2) is 0 Å². The first-order valence-corrected chi connectivity index (χ1v) is 3.87. The Kier molecular flexibility index (Phi) is 4.59. The summed E-state index contributed by atoms with van der Waals surface area (Å²) in [5.74, 6) is 0.0381. The molecule has 0 fully saturated rings. The second-order valence-electron chi connectivity index (χ2n) is 2.52. The molecule has 0 aromatic heterocycles. The molecule has 0 spiro atoms. The van der Waals surface area contributed by atoms with Crippen LogP contribution in [0.5, 0.6) is 0 Å². The normalized spacial score (nSPS) is 9.36. The lowest BCUT2D eigenvalue weighted by molar-refractivity contribution is -0.126. The number of rotatable bonds is 4. The van der Waals surface area contributed by atoms with E-state index in [2.05, 4.69) is 13.5 Å². The number of likely N-dealkylation sites (N-methyl/N-ethyl adjacent to an activating group) is 1. The van der Waals surface area contributed by atoms with Crippen LogP contribution in [0.15, 0.2) is 12.2 Å². The topological polar surface area (TPSA) is 20.3 Å². The minimum absolute atomic E-state index is 0.0381. The largest absolute Gasteiger partial charge is 0.339 e. The fourth-order valence-corrected chi connectivity index (χ4v) is 0.864. The highest BCUT2D eigenvalue weighted by Crippen LogP contribution is 1.98. The average Bonchev–Trinajstić information content (AvgIpc) is 1.98. The van der Waals surface area contributed by atoms with Gasteiger partial charge < -0.3 is 4.90 Å². The van der Waals surface area contributed by atoms with Crippen molar-refractivity contribution in [1.29, 1.82) is 0 Å². The van der Waals surface area contributed by atoms with Crippen molar-refractivity contribution >= 4 is 5.91 Å². The van der Waals surface area contributed by atoms with Crippen LogP contribution in [-0.2, 0) is 4.79 Å². The number of amides is 1. The highest BCUT2D eigenvalue weighted by molar-refractivity contribution is 5.92. The molecule has 0 N–H and O–H groups in total. The van der Waals surface area contributed by atoms with E-state index in [1.807, 2.05) is 6.92 Å². The highest BCUT2D eigenvalue weighted by Gasteiger charge is 2.09. The van der Waals surface area contributed by atoms with Gasteiger partial charge >= 0.3 is 0 Å². The Bertz CT molecular complexity index is 152. The van der Waals surface area contributed by atoms with Crippen molar-refractivity contribution < 1.29 is 4.79 Å². The van der Waals surface area contributed by atoms with Crippen LogP contribution in [-0.4, -0.2) is 23.9 Å². The molecule has 1 radical (unpaired) electrons. The third-order valence-electron chi connectivity index (χ3n) is 1.46. The van der Waals surface area contributed by atoms with Crippen molar-refractivity contribution in [1.82, 2.24) is 4.90 Å². The first-order valence-electron chi connectivity index (χ1n) is 3.87. The lowest BCUT2D eigenvalue weighted by Gasteiger charge is -2.19. The highest BCUT2D eigenvalue weighted by atomic mass is 16.2. The molecule has 2 heteroatoms. The maximum atomic E-state index is 11.3. The van der Waals surface area contributed by atoms with Gasteiger partial charge in [0.05, 0.1) is 0 Å². The summed E-state index contributed by atoms with van der Waals surface area (Å²) in [6, 6.07) is 0. The molecule has 0 aromatic carbocycles. The smallest absolute Gasteiger partial charge is 0.248 e. The molecule has 0 aliphatic carbocycles. The van der Waals surface area contributed by atoms with Crippen LogP contribution in [0.4, 0.5) is 0 Å². The van der Waals surface area contributed by atoms with Gasteiger partial charge in [-0.1, -0.05) is 13.5 Å². The average molecular weight is 154 g/mol. The zero-order chi connectivity index (χ0) is 8.85. The molecule has 0 rings (SSSR count). The van der Waals surface area contributed by atoms with Crippen LogP contribution >= 0.6 is 0 Å². The Labute approximate surface area is 68.9 Å². The van der Waals surface area contributed by atoms with Gasteiger partial charge in [0.1, 0.15) is 0 Å². The summed E-state index contributed by atoms with van der Waals surface area (Å²) < 4.78 is 0. The summed E-state index contributed by atoms with van der Waals surface area (Å²) in [6.07, 6.45) is 0.757. The monoisotopic (exact) mass is 154 g/mol. The molecule has 1 amide bonds. The van der Waals surface area contributed by atoms with E-state index in [0.717, 1.165) is 19.5 Å². The van der Waals surface area contributed by atoms with Gasteiger partial charge in [-0.3, -0.25) is 4.79 Å². The van der Waals surface area contributed by atoms with Gasteiger partial charge in [0.25, 0.3) is 0 Å². The van der Waals surface area contributed by atoms with Gasteiger partial charge in [-0.15, -0.1) is 0 Å². The van der Waals surface area contributed by atoms with Gasteiger partial charge in [-0.2, -0.15) is 0 Å². The first-order chi connectivity index (χ1) is 5.13. The van der Waals surface area contributed by atoms with Crippen LogP contribution in [0.3, 0.4) is 0 Å². The van der Waals surface area contributed by atoms with Crippen molar-refractivity contribution in [2.75, 3.05) is 13.1 Å². The predicted octanol–water partition coefficient (Wildman–Crippen LogP) is 1.64. The number of nitrogens with zero attached hydrogens (tertiary/aromatic N) is 1. The Balaban J connectivity index is 4.02. The molecule has 0 aromatic rings. The SMILES string of the molecule is [CH2]CCN(CC)C(=O)C(=C)C. The summed E-state index contributed by atoms with van der Waals surface area (Å²) in [4.78, 5) is 13.0. The van der Waals surface area contributed by atoms with Gasteiger partial charge in [0.2, 0.25) is 5.91 Å². The van der Waals surface area contributed by atoms with Crippen molar-refractivity contribution in [2.24, 2.45) is 0 Å². The Hall–Kier alpha value is -0.790. The van der Waals surface area contributed by atoms with Crippen molar-refractivity contribution in [2.45, 2.75) is 20.3 Å². The molecular weight excluding hydrogens is 138 g/mol. The van der Waals surface area contributed by atoms with E-state index in [4.69, 9.17) is 0 Å². The van der Waals surface area contributed by atoms with Crippen molar-refractivity contribution in [3.05, 3.63) is 19.1 Å². The molecule has 0 aliphatic rings. The van der Waals surface area contributed by atoms with E-state index < -0.39 is 0 Å². The van der Waals surface area contributed by atoms with E-state index in [1.54, 1.807) is 11.8 Å². The van der Waals surface area contributed by atoms with E-state index in [0.29, 0.717) is 5.57 Å². The molecular formula is C9H16NO. The van der Waals surface area contributed by atoms with E-state index in [1.165, 1.54) is 0 Å². The Morgan fingerprint density at radius 1 is 1.55 bits per heavy atom. The van der Waals surface area contributed by atoms with Gasteiger partial charge in [0, 0.05) is 18.7 Å². The summed E-state index contributed by atoms with van der Waals surface area (Å²) >= 11 is 0. The molecule has 0 saturated heterocycles. The van der Waals surface area contributed by atoms with Crippen LogP contribution in [0.2, 0.25) is 0 Å². The summed E-state index contributed by atoms with van der Waals surface area (Å²) in [7, 11) is 0. The van der Waals surface area contributed by atoms with Crippen molar-refractivity contribution in [3.63, 3.8) is 0 Å². The maximum Gasteiger partial charge on any atom is 0.248 e. The summed E-state index contributed by atoms with van der Waals surface area (Å²) in [5.41, 5.74) is 0.598. The van der Waals surface area contributed by atoms with Gasteiger partial charge in [0.15, 0.2) is 0 Å². The minimum Gasteiger partial charge on any atom is -0.339 e. The minimum atomic E-state index is 0.0381. The number of carbonyl (C=O) groups is 1. The Morgan fingerprint density at radius 2 is 2.09 bits per heavy atom. The predicted molar refractivity (Wildman–Crippen MR) is 47.0 cm³/mol. The van der Waals surface area contributed by atoms with Gasteiger partial charge in [-0.05, 0) is 20.3 Å². The van der Waals surface area contributed by atoms with Crippen molar-refractivity contribution in [3.8, 4) is 0 Å². The zero-order valence-electron chi connectivity index (χ0n) is 7.39. The van der Waals surface area contributed by atoms with E-state index in [9.17, 15) is 4.79 Å². The molecule has 63 valence electrons. The fraction of sp³-hybridized carbons (Fsp3) is 0.556. The standard InChI is InChI=1S/C9H16NO/c1-5-7-10(6-2)9(11)8(3)4/h1,3,5-7H2,2,4H3. The second-order valence-corrected chi connectivity index (χ2v) is 2.52. The third-order valence-corrected chi connectivity index (χ3v) is 1.46. The zero-order valence-corrected chi connectivity index (χ0v) is 7.39. The molecule has 0 bridgehead atoms. The summed E-state index contributed by atoms with van der Waals surface area (Å²) in [5, 5.41) is 0. The maximum absolute atomic E-state index is 11.3. The lowest BCUT2D eigenvalue weighted by atomic mass is 10.3. The second kappa shape index (κ2) is 4.94. The first kappa shape index (κ1) is 10.2. The number of hydrogen-bond acceptors (Lipinski definition) is 1. The fourth-order valence-electron chi connectivity index (χ4n) is 0.864. The lowest BCUT2D eigenvalue weighted by Crippen LogP contribution is -2.31. The Morgan fingerprint density at radius 3 is 2.36 bits per heavy atom. The molecule has 0 heterocycles.